The van der Waals surface area contributed by atoms with E-state index in [0.717, 1.165) is 49.4 Å². The van der Waals surface area contributed by atoms with Crippen LogP contribution in [0.5, 0.6) is 0 Å². The summed E-state index contributed by atoms with van der Waals surface area (Å²) in [6, 6.07) is 48.1. The minimum atomic E-state index is 0.880. The van der Waals surface area contributed by atoms with Gasteiger partial charge in [0.15, 0.2) is 0 Å². The van der Waals surface area contributed by atoms with Gasteiger partial charge in [0.1, 0.15) is 0 Å². The minimum absolute atomic E-state index is 0.880. The van der Waals surface area contributed by atoms with Crippen LogP contribution < -0.4 is 0 Å². The number of benzene rings is 8. The zero-order valence-electron chi connectivity index (χ0n) is 25.6. The van der Waals surface area contributed by atoms with Crippen molar-refractivity contribution in [3.05, 3.63) is 146 Å². The van der Waals surface area contributed by atoms with Gasteiger partial charge < -0.3 is 0 Å². The summed E-state index contributed by atoms with van der Waals surface area (Å²) in [5, 5.41) is 30.0. The predicted molar refractivity (Wildman–Crippen MR) is 198 cm³/mol. The monoisotopic (exact) mass is 608 g/mol. The third-order valence-electron chi connectivity index (χ3n) is 10.3. The lowest BCUT2D eigenvalue weighted by Crippen LogP contribution is -1.96. The molecule has 0 atom stereocenters. The average Bonchev–Trinajstić information content (AvgIpc) is 3.46. The van der Waals surface area contributed by atoms with Crippen LogP contribution in [0.25, 0.3) is 109 Å². The Balaban J connectivity index is 1.38. The molecule has 2 heterocycles. The minimum Gasteiger partial charge on any atom is -0.158 e. The molecule has 8 aromatic carbocycles. The first-order chi connectivity index (χ1) is 23.8. The van der Waals surface area contributed by atoms with Crippen molar-refractivity contribution in [3.63, 3.8) is 0 Å². The Hall–Kier alpha value is -6.52. The summed E-state index contributed by atoms with van der Waals surface area (Å²) in [6.45, 7) is 0. The highest BCUT2D eigenvalue weighted by atomic mass is 15.1. The first-order valence-electron chi connectivity index (χ1n) is 16.2. The molecule has 11 rings (SSSR count). The van der Waals surface area contributed by atoms with E-state index in [-0.39, 0.29) is 0 Å². The Morgan fingerprint density at radius 2 is 0.812 bits per heavy atom. The lowest BCUT2D eigenvalue weighted by atomic mass is 9.83. The fourth-order valence-electron chi connectivity index (χ4n) is 8.26. The van der Waals surface area contributed by atoms with E-state index in [0.29, 0.717) is 0 Å². The molecular weight excluding hydrogens is 585 g/mol. The van der Waals surface area contributed by atoms with Gasteiger partial charge >= 0.3 is 0 Å². The molecule has 48 heavy (non-hydrogen) atoms. The van der Waals surface area contributed by atoms with Crippen molar-refractivity contribution < 1.29 is 0 Å². The summed E-state index contributed by atoms with van der Waals surface area (Å²) < 4.78 is 0. The molecule has 0 spiro atoms. The molecule has 0 saturated carbocycles. The maximum absolute atomic E-state index is 4.53. The van der Waals surface area contributed by atoms with E-state index >= 15 is 0 Å². The third kappa shape index (κ3) is 3.38. The largest absolute Gasteiger partial charge is 0.158 e. The molecule has 0 saturated heterocycles. The zero-order valence-corrected chi connectivity index (χ0v) is 25.6. The molecule has 0 bridgehead atoms. The average molecular weight is 609 g/mol. The van der Waals surface area contributed by atoms with E-state index in [9.17, 15) is 0 Å². The second kappa shape index (κ2) is 9.50. The quantitative estimate of drug-likeness (QED) is 0.145. The van der Waals surface area contributed by atoms with Crippen molar-refractivity contribution >= 4 is 64.9 Å². The zero-order chi connectivity index (χ0) is 31.3. The number of hydrogen-bond donors (Lipinski definition) is 0. The van der Waals surface area contributed by atoms with E-state index in [1.54, 1.807) is 0 Å². The second-order valence-electron chi connectivity index (χ2n) is 12.7. The molecule has 0 unspecified atom stereocenters. The highest BCUT2D eigenvalue weighted by Crippen LogP contribution is 2.54. The van der Waals surface area contributed by atoms with Crippen molar-refractivity contribution in [3.8, 4) is 44.5 Å². The Bertz CT molecular complexity index is 3010. The summed E-state index contributed by atoms with van der Waals surface area (Å²) in [5.41, 5.74) is 11.3. The number of aromatic nitrogens is 4. The van der Waals surface area contributed by atoms with Crippen molar-refractivity contribution in [2.24, 2.45) is 0 Å². The predicted octanol–water partition coefficient (Wildman–Crippen LogP) is 11.2. The van der Waals surface area contributed by atoms with Crippen LogP contribution in [0.2, 0.25) is 0 Å². The van der Waals surface area contributed by atoms with Crippen LogP contribution in [0.4, 0.5) is 0 Å². The van der Waals surface area contributed by atoms with Gasteiger partial charge in [-0.1, -0.05) is 103 Å². The fourth-order valence-corrected chi connectivity index (χ4v) is 8.26. The topological polar surface area (TPSA) is 51.6 Å². The molecule has 1 aliphatic rings. The van der Waals surface area contributed by atoms with Crippen LogP contribution >= 0.6 is 0 Å². The van der Waals surface area contributed by atoms with Gasteiger partial charge in [-0.3, -0.25) is 0 Å². The molecule has 10 aromatic rings. The lowest BCUT2D eigenvalue weighted by molar-refractivity contribution is 1.08. The van der Waals surface area contributed by atoms with Crippen LogP contribution in [0.15, 0.2) is 146 Å². The number of rotatable bonds is 2. The molecular formula is C44H24N4. The molecule has 2 aromatic heterocycles. The van der Waals surface area contributed by atoms with Gasteiger partial charge in [0, 0.05) is 21.9 Å². The Morgan fingerprint density at radius 3 is 1.44 bits per heavy atom. The van der Waals surface area contributed by atoms with Crippen molar-refractivity contribution in [2.45, 2.75) is 0 Å². The maximum Gasteiger partial charge on any atom is 0.0935 e. The second-order valence-corrected chi connectivity index (χ2v) is 12.7. The molecule has 4 nitrogen and oxygen atoms in total. The van der Waals surface area contributed by atoms with Crippen LogP contribution in [0.3, 0.4) is 0 Å². The SMILES string of the molecule is c1ccc2c(c1)cc1c3c(cccc32)-c2cc3c(-c4cnnc5ccccc45)c4ccccc4c(-c4cnnc5ccccc45)c3cc2-1. The Morgan fingerprint density at radius 1 is 0.312 bits per heavy atom. The van der Waals surface area contributed by atoms with Gasteiger partial charge in [-0.15, -0.1) is 0 Å². The van der Waals surface area contributed by atoms with Crippen LogP contribution in [-0.4, -0.2) is 20.4 Å². The van der Waals surface area contributed by atoms with E-state index in [2.05, 4.69) is 130 Å². The standard InChI is InChI=1S/C44H24N4/c1-2-11-26-25(10-1)20-35-34-22-37-36(21-33(34)32-17-9-16-29(26)42(32)35)43(38-23-45-47-40-18-7-5-12-27(38)40)30-14-3-4-15-31(30)44(37)39-24-46-48-41-19-8-6-13-28(39)41/h1-24H. The van der Waals surface area contributed by atoms with Gasteiger partial charge in [-0.05, 0) is 107 Å². The lowest BCUT2D eigenvalue weighted by Gasteiger charge is -2.20. The smallest absolute Gasteiger partial charge is 0.0935 e. The van der Waals surface area contributed by atoms with Crippen molar-refractivity contribution in [2.75, 3.05) is 0 Å². The summed E-state index contributed by atoms with van der Waals surface area (Å²) in [7, 11) is 0. The molecule has 0 N–H and O–H groups in total. The van der Waals surface area contributed by atoms with E-state index in [1.165, 1.54) is 60.0 Å². The van der Waals surface area contributed by atoms with Gasteiger partial charge in [-0.2, -0.15) is 20.4 Å². The maximum atomic E-state index is 4.53. The van der Waals surface area contributed by atoms with Crippen molar-refractivity contribution in [1.82, 2.24) is 20.4 Å². The normalized spacial score (nSPS) is 12.2. The molecule has 0 amide bonds. The van der Waals surface area contributed by atoms with Crippen LogP contribution in [0.1, 0.15) is 0 Å². The molecule has 0 aliphatic heterocycles. The van der Waals surface area contributed by atoms with Gasteiger partial charge in [0.2, 0.25) is 0 Å². The fraction of sp³-hybridized carbons (Fsp3) is 0. The van der Waals surface area contributed by atoms with Crippen LogP contribution in [-0.2, 0) is 0 Å². The Labute approximate surface area is 275 Å². The first-order valence-corrected chi connectivity index (χ1v) is 16.2. The number of nitrogens with zero attached hydrogens (tertiary/aromatic N) is 4. The molecule has 4 heteroatoms. The number of hydrogen-bond acceptors (Lipinski definition) is 4. The van der Waals surface area contributed by atoms with Gasteiger partial charge in [-0.25, -0.2) is 0 Å². The van der Waals surface area contributed by atoms with Crippen molar-refractivity contribution in [1.29, 1.82) is 0 Å². The molecule has 0 fully saturated rings. The van der Waals surface area contributed by atoms with E-state index in [1.807, 2.05) is 36.7 Å². The summed E-state index contributed by atoms with van der Waals surface area (Å²) in [6.07, 6.45) is 3.87. The molecule has 1 aliphatic carbocycles. The van der Waals surface area contributed by atoms with Gasteiger partial charge in [0.25, 0.3) is 0 Å². The highest BCUT2D eigenvalue weighted by Gasteiger charge is 2.27. The first kappa shape index (κ1) is 25.6. The third-order valence-corrected chi connectivity index (χ3v) is 10.3. The van der Waals surface area contributed by atoms with E-state index < -0.39 is 0 Å². The summed E-state index contributed by atoms with van der Waals surface area (Å²) in [5.74, 6) is 0. The summed E-state index contributed by atoms with van der Waals surface area (Å²) >= 11 is 0. The number of fused-ring (bicyclic) bond motifs is 9. The van der Waals surface area contributed by atoms with Crippen LogP contribution in [0, 0.1) is 0 Å². The highest BCUT2D eigenvalue weighted by molar-refractivity contribution is 6.29. The van der Waals surface area contributed by atoms with Gasteiger partial charge in [0.05, 0.1) is 23.4 Å². The molecule has 0 radical (unpaired) electrons. The summed E-state index contributed by atoms with van der Waals surface area (Å²) in [4.78, 5) is 0. The molecule has 220 valence electrons. The van der Waals surface area contributed by atoms with E-state index in [4.69, 9.17) is 0 Å². The Kier molecular flexibility index (Phi) is 5.08.